The number of hydrogen-bond donors (Lipinski definition) is 2. The summed E-state index contributed by atoms with van der Waals surface area (Å²) in [6, 6.07) is 8.72. The van der Waals surface area contributed by atoms with Gasteiger partial charge in [-0.2, -0.15) is 0 Å². The van der Waals surface area contributed by atoms with Crippen LogP contribution in [0.25, 0.3) is 22.4 Å². The largest absolute Gasteiger partial charge is 0.453 e. The van der Waals surface area contributed by atoms with Crippen molar-refractivity contribution in [2.75, 3.05) is 0 Å². The first-order chi connectivity index (χ1) is 8.26. The molecule has 5 heteroatoms. The molecule has 0 aliphatic heterocycles. The highest BCUT2D eigenvalue weighted by Crippen LogP contribution is 2.23. The van der Waals surface area contributed by atoms with E-state index in [9.17, 15) is 9.59 Å². The Morgan fingerprint density at radius 1 is 1.06 bits per heavy atom. The first kappa shape index (κ1) is 9.65. The number of carbonyl (C=O) groups is 1. The highest BCUT2D eigenvalue weighted by molar-refractivity contribution is 5.81. The van der Waals surface area contributed by atoms with Gasteiger partial charge in [-0.1, -0.05) is 0 Å². The lowest BCUT2D eigenvalue weighted by molar-refractivity contribution is 0.110. The average Bonchev–Trinajstić information content (AvgIpc) is 2.92. The molecule has 0 unspecified atom stereocenters. The SMILES string of the molecule is O=Cc1ccc(-c2ccc3[nH]c(=O)[nH]c3c2)o1. The molecular formula is C12H8N2O3. The number of rotatable bonds is 2. The van der Waals surface area contributed by atoms with Crippen molar-refractivity contribution in [3.8, 4) is 11.3 Å². The van der Waals surface area contributed by atoms with E-state index < -0.39 is 0 Å². The summed E-state index contributed by atoms with van der Waals surface area (Å²) in [6.45, 7) is 0. The van der Waals surface area contributed by atoms with Crippen LogP contribution in [0.3, 0.4) is 0 Å². The van der Waals surface area contributed by atoms with Gasteiger partial charge in [0.15, 0.2) is 12.0 Å². The van der Waals surface area contributed by atoms with Crippen LogP contribution in [0.2, 0.25) is 0 Å². The van der Waals surface area contributed by atoms with Crippen LogP contribution in [-0.4, -0.2) is 16.3 Å². The van der Waals surface area contributed by atoms with Crippen molar-refractivity contribution in [1.82, 2.24) is 9.97 Å². The average molecular weight is 228 g/mol. The molecule has 84 valence electrons. The number of fused-ring (bicyclic) bond motifs is 1. The number of hydrogen-bond acceptors (Lipinski definition) is 3. The van der Waals surface area contributed by atoms with Crippen molar-refractivity contribution in [3.63, 3.8) is 0 Å². The Hall–Kier alpha value is -2.56. The molecule has 0 bridgehead atoms. The third-order valence-electron chi connectivity index (χ3n) is 2.54. The zero-order valence-corrected chi connectivity index (χ0v) is 8.69. The summed E-state index contributed by atoms with van der Waals surface area (Å²) >= 11 is 0. The van der Waals surface area contributed by atoms with E-state index in [2.05, 4.69) is 9.97 Å². The molecule has 2 N–H and O–H groups in total. The zero-order chi connectivity index (χ0) is 11.8. The standard InChI is InChI=1S/C12H8N2O3/c15-6-8-2-4-11(17-8)7-1-3-9-10(5-7)14-12(16)13-9/h1-6H,(H2,13,14,16). The third kappa shape index (κ3) is 1.57. The minimum absolute atomic E-state index is 0.245. The Morgan fingerprint density at radius 2 is 1.88 bits per heavy atom. The summed E-state index contributed by atoms with van der Waals surface area (Å²) in [5.74, 6) is 0.874. The molecule has 0 saturated carbocycles. The minimum Gasteiger partial charge on any atom is -0.453 e. The molecule has 0 fully saturated rings. The van der Waals surface area contributed by atoms with Crippen molar-refractivity contribution in [2.24, 2.45) is 0 Å². The number of imidazole rings is 1. The molecule has 0 atom stereocenters. The van der Waals surface area contributed by atoms with Crippen LogP contribution in [-0.2, 0) is 0 Å². The van der Waals surface area contributed by atoms with Gasteiger partial charge in [0, 0.05) is 5.56 Å². The Kier molecular flexibility index (Phi) is 1.98. The van der Waals surface area contributed by atoms with E-state index in [1.165, 1.54) is 0 Å². The van der Waals surface area contributed by atoms with Crippen molar-refractivity contribution < 1.29 is 9.21 Å². The molecule has 0 radical (unpaired) electrons. The summed E-state index contributed by atoms with van der Waals surface area (Å²) in [5.41, 5.74) is 2.00. The van der Waals surface area contributed by atoms with E-state index >= 15 is 0 Å². The number of aromatic amines is 2. The van der Waals surface area contributed by atoms with Crippen LogP contribution in [0.15, 0.2) is 39.5 Å². The molecule has 0 aliphatic rings. The van der Waals surface area contributed by atoms with Gasteiger partial charge in [-0.25, -0.2) is 4.79 Å². The van der Waals surface area contributed by atoms with E-state index in [1.807, 2.05) is 6.07 Å². The van der Waals surface area contributed by atoms with Gasteiger partial charge in [-0.15, -0.1) is 0 Å². The van der Waals surface area contributed by atoms with Gasteiger partial charge in [0.1, 0.15) is 5.76 Å². The normalized spacial score (nSPS) is 10.8. The van der Waals surface area contributed by atoms with E-state index in [4.69, 9.17) is 4.42 Å². The molecule has 0 spiro atoms. The molecule has 0 aliphatic carbocycles. The van der Waals surface area contributed by atoms with Crippen LogP contribution in [0, 0.1) is 0 Å². The number of H-pyrrole nitrogens is 2. The molecule has 5 nitrogen and oxygen atoms in total. The maximum atomic E-state index is 11.1. The topological polar surface area (TPSA) is 78.9 Å². The maximum Gasteiger partial charge on any atom is 0.323 e. The summed E-state index contributed by atoms with van der Waals surface area (Å²) in [6.07, 6.45) is 0.653. The molecule has 17 heavy (non-hydrogen) atoms. The molecule has 2 heterocycles. The van der Waals surface area contributed by atoms with Gasteiger partial charge in [0.2, 0.25) is 0 Å². The van der Waals surface area contributed by atoms with Gasteiger partial charge < -0.3 is 14.4 Å². The summed E-state index contributed by atoms with van der Waals surface area (Å²) in [5, 5.41) is 0. The maximum absolute atomic E-state index is 11.1. The lowest BCUT2D eigenvalue weighted by atomic mass is 10.1. The first-order valence-electron chi connectivity index (χ1n) is 5.04. The predicted molar refractivity (Wildman–Crippen MR) is 62.0 cm³/mol. The number of nitrogens with one attached hydrogen (secondary N) is 2. The Morgan fingerprint density at radius 3 is 2.65 bits per heavy atom. The van der Waals surface area contributed by atoms with Gasteiger partial charge in [-0.05, 0) is 30.3 Å². The lowest BCUT2D eigenvalue weighted by Gasteiger charge is -1.96. The van der Waals surface area contributed by atoms with Gasteiger partial charge in [0.25, 0.3) is 0 Å². The molecule has 3 rings (SSSR count). The molecule has 1 aromatic carbocycles. The lowest BCUT2D eigenvalue weighted by Crippen LogP contribution is -1.99. The highest BCUT2D eigenvalue weighted by Gasteiger charge is 2.06. The summed E-state index contributed by atoms with van der Waals surface area (Å²) in [4.78, 5) is 26.9. The number of carbonyl (C=O) groups excluding carboxylic acids is 1. The Balaban J connectivity index is 2.16. The Labute approximate surface area is 95.1 Å². The van der Waals surface area contributed by atoms with Crippen LogP contribution >= 0.6 is 0 Å². The quantitative estimate of drug-likeness (QED) is 0.658. The fourth-order valence-electron chi connectivity index (χ4n) is 1.76. The first-order valence-corrected chi connectivity index (χ1v) is 5.04. The second-order valence-electron chi connectivity index (χ2n) is 3.66. The second-order valence-corrected chi connectivity index (χ2v) is 3.66. The second kappa shape index (κ2) is 3.48. The van der Waals surface area contributed by atoms with Crippen LogP contribution < -0.4 is 5.69 Å². The number of aromatic nitrogens is 2. The highest BCUT2D eigenvalue weighted by atomic mass is 16.3. The smallest absolute Gasteiger partial charge is 0.323 e. The van der Waals surface area contributed by atoms with E-state index in [0.29, 0.717) is 17.6 Å². The van der Waals surface area contributed by atoms with Gasteiger partial charge >= 0.3 is 5.69 Å². The van der Waals surface area contributed by atoms with Crippen LogP contribution in [0.4, 0.5) is 0 Å². The van der Waals surface area contributed by atoms with E-state index in [0.717, 1.165) is 11.1 Å². The molecular weight excluding hydrogens is 220 g/mol. The Bertz CT molecular complexity index is 748. The van der Waals surface area contributed by atoms with Gasteiger partial charge in [-0.3, -0.25) is 4.79 Å². The van der Waals surface area contributed by atoms with E-state index in [-0.39, 0.29) is 11.4 Å². The van der Waals surface area contributed by atoms with Crippen molar-refractivity contribution in [2.45, 2.75) is 0 Å². The van der Waals surface area contributed by atoms with Crippen LogP contribution in [0.5, 0.6) is 0 Å². The molecule has 0 saturated heterocycles. The van der Waals surface area contributed by atoms with Crippen molar-refractivity contribution in [3.05, 3.63) is 46.6 Å². The fraction of sp³-hybridized carbons (Fsp3) is 0. The number of furan rings is 1. The molecule has 2 aromatic heterocycles. The monoisotopic (exact) mass is 228 g/mol. The summed E-state index contributed by atoms with van der Waals surface area (Å²) < 4.78 is 5.30. The van der Waals surface area contributed by atoms with E-state index in [1.54, 1.807) is 24.3 Å². The fourth-order valence-corrected chi connectivity index (χ4v) is 1.76. The van der Waals surface area contributed by atoms with Crippen molar-refractivity contribution >= 4 is 17.3 Å². The number of benzene rings is 1. The van der Waals surface area contributed by atoms with Crippen LogP contribution in [0.1, 0.15) is 10.6 Å². The zero-order valence-electron chi connectivity index (χ0n) is 8.69. The summed E-state index contributed by atoms with van der Waals surface area (Å²) in [7, 11) is 0. The third-order valence-corrected chi connectivity index (χ3v) is 2.54. The van der Waals surface area contributed by atoms with Crippen molar-refractivity contribution in [1.29, 1.82) is 0 Å². The van der Waals surface area contributed by atoms with Gasteiger partial charge in [0.05, 0.1) is 11.0 Å². The molecule has 0 amide bonds. The predicted octanol–water partition coefficient (Wildman–Crippen LogP) is 1.93. The number of aldehydes is 1. The minimum atomic E-state index is -0.245. The molecule has 3 aromatic rings.